The van der Waals surface area contributed by atoms with E-state index >= 15 is 0 Å². The van der Waals surface area contributed by atoms with Crippen molar-refractivity contribution < 1.29 is 5.11 Å². The number of aromatic hydroxyl groups is 1. The first-order chi connectivity index (χ1) is 9.95. The molecule has 2 atom stereocenters. The lowest BCUT2D eigenvalue weighted by Crippen LogP contribution is -2.31. The molecular weight excluding hydrogens is 258 g/mol. The molecule has 0 radical (unpaired) electrons. The summed E-state index contributed by atoms with van der Waals surface area (Å²) in [5, 5.41) is 13.0. The van der Waals surface area contributed by atoms with Crippen LogP contribution in [0.3, 0.4) is 0 Å². The highest BCUT2D eigenvalue weighted by molar-refractivity contribution is 5.32. The second kappa shape index (κ2) is 6.77. The fraction of sp³-hybridized carbons (Fsp3) is 0.368. The number of benzene rings is 2. The number of hydrogen-bond donors (Lipinski definition) is 2. The van der Waals surface area contributed by atoms with Gasteiger partial charge in [-0.2, -0.15) is 0 Å². The quantitative estimate of drug-likeness (QED) is 0.858. The molecule has 2 aromatic rings. The Kier molecular flexibility index (Phi) is 5.03. The Balaban J connectivity index is 1.98. The zero-order valence-electron chi connectivity index (χ0n) is 13.4. The Bertz CT molecular complexity index is 589. The second-order valence-corrected chi connectivity index (χ2v) is 6.02. The van der Waals surface area contributed by atoms with Gasteiger partial charge in [-0.1, -0.05) is 35.9 Å². The van der Waals surface area contributed by atoms with Gasteiger partial charge in [0.25, 0.3) is 0 Å². The lowest BCUT2D eigenvalue weighted by atomic mass is 9.99. The molecule has 21 heavy (non-hydrogen) atoms. The molecule has 2 nitrogen and oxygen atoms in total. The van der Waals surface area contributed by atoms with Crippen molar-refractivity contribution in [2.45, 2.75) is 46.2 Å². The highest BCUT2D eigenvalue weighted by atomic mass is 16.3. The minimum Gasteiger partial charge on any atom is -0.508 e. The van der Waals surface area contributed by atoms with Crippen molar-refractivity contribution in [3.63, 3.8) is 0 Å². The van der Waals surface area contributed by atoms with Gasteiger partial charge in [-0.25, -0.2) is 0 Å². The summed E-state index contributed by atoms with van der Waals surface area (Å²) in [7, 11) is 0. The van der Waals surface area contributed by atoms with Crippen molar-refractivity contribution in [3.05, 3.63) is 64.7 Å². The van der Waals surface area contributed by atoms with Gasteiger partial charge in [0, 0.05) is 12.1 Å². The van der Waals surface area contributed by atoms with Gasteiger partial charge in [-0.3, -0.25) is 0 Å². The molecule has 0 aromatic heterocycles. The van der Waals surface area contributed by atoms with Gasteiger partial charge in [0.15, 0.2) is 0 Å². The standard InChI is InChI=1S/C19H25NO/c1-13-5-10-19(14(2)11-13)16(4)20-15(3)12-17-6-8-18(21)9-7-17/h5-11,15-16,20-21H,12H2,1-4H3. The van der Waals surface area contributed by atoms with E-state index in [9.17, 15) is 5.11 Å². The average Bonchev–Trinajstić information content (AvgIpc) is 2.41. The zero-order valence-corrected chi connectivity index (χ0v) is 13.4. The van der Waals surface area contributed by atoms with E-state index in [1.54, 1.807) is 12.1 Å². The predicted molar refractivity (Wildman–Crippen MR) is 88.7 cm³/mol. The average molecular weight is 283 g/mol. The minimum atomic E-state index is 0.322. The molecule has 2 heteroatoms. The summed E-state index contributed by atoms with van der Waals surface area (Å²) in [6, 6.07) is 14.8. The number of nitrogens with one attached hydrogen (secondary N) is 1. The van der Waals surface area contributed by atoms with Crippen LogP contribution in [0.25, 0.3) is 0 Å². The molecule has 0 bridgehead atoms. The molecule has 0 spiro atoms. The molecule has 0 aliphatic carbocycles. The van der Waals surface area contributed by atoms with Gasteiger partial charge >= 0.3 is 0 Å². The number of phenols is 1. The van der Waals surface area contributed by atoms with Crippen molar-refractivity contribution in [1.29, 1.82) is 0 Å². The summed E-state index contributed by atoms with van der Waals surface area (Å²) in [6.07, 6.45) is 0.954. The number of aryl methyl sites for hydroxylation is 2. The van der Waals surface area contributed by atoms with Crippen LogP contribution >= 0.6 is 0 Å². The monoisotopic (exact) mass is 283 g/mol. The van der Waals surface area contributed by atoms with Crippen LogP contribution in [0.5, 0.6) is 5.75 Å². The first-order valence-electron chi connectivity index (χ1n) is 7.57. The molecule has 0 saturated heterocycles. The maximum absolute atomic E-state index is 9.32. The van der Waals surface area contributed by atoms with E-state index < -0.39 is 0 Å². The summed E-state index contributed by atoms with van der Waals surface area (Å²) in [5.41, 5.74) is 5.24. The molecule has 0 heterocycles. The first kappa shape index (κ1) is 15.6. The topological polar surface area (TPSA) is 32.3 Å². The lowest BCUT2D eigenvalue weighted by Gasteiger charge is -2.22. The van der Waals surface area contributed by atoms with Gasteiger partial charge in [0.05, 0.1) is 0 Å². The Morgan fingerprint density at radius 1 is 1.00 bits per heavy atom. The van der Waals surface area contributed by atoms with Crippen LogP contribution in [-0.2, 0) is 6.42 Å². The summed E-state index contributed by atoms with van der Waals surface area (Å²) >= 11 is 0. The van der Waals surface area contributed by atoms with Crippen molar-refractivity contribution in [1.82, 2.24) is 5.32 Å². The largest absolute Gasteiger partial charge is 0.508 e. The van der Waals surface area contributed by atoms with E-state index in [0.29, 0.717) is 17.8 Å². The maximum atomic E-state index is 9.32. The normalized spacial score (nSPS) is 13.9. The number of hydrogen-bond acceptors (Lipinski definition) is 2. The second-order valence-electron chi connectivity index (χ2n) is 6.02. The van der Waals surface area contributed by atoms with Gasteiger partial charge in [0.1, 0.15) is 5.75 Å². The fourth-order valence-corrected chi connectivity index (χ4v) is 2.87. The molecule has 2 rings (SSSR count). The van der Waals surface area contributed by atoms with E-state index in [-0.39, 0.29) is 0 Å². The van der Waals surface area contributed by atoms with Crippen molar-refractivity contribution in [3.8, 4) is 5.75 Å². The van der Waals surface area contributed by atoms with Crippen molar-refractivity contribution in [2.75, 3.05) is 0 Å². The fourth-order valence-electron chi connectivity index (χ4n) is 2.87. The van der Waals surface area contributed by atoms with E-state index in [1.807, 2.05) is 12.1 Å². The van der Waals surface area contributed by atoms with E-state index in [2.05, 4.69) is 51.2 Å². The van der Waals surface area contributed by atoms with E-state index in [1.165, 1.54) is 22.3 Å². The maximum Gasteiger partial charge on any atom is 0.115 e. The molecule has 0 aliphatic heterocycles. The highest BCUT2D eigenvalue weighted by Gasteiger charge is 2.12. The van der Waals surface area contributed by atoms with Crippen molar-refractivity contribution in [2.24, 2.45) is 0 Å². The van der Waals surface area contributed by atoms with Crippen molar-refractivity contribution >= 4 is 0 Å². The third-order valence-electron chi connectivity index (χ3n) is 3.90. The summed E-state index contributed by atoms with van der Waals surface area (Å²) in [4.78, 5) is 0. The van der Waals surface area contributed by atoms with E-state index in [0.717, 1.165) is 6.42 Å². The Hall–Kier alpha value is -1.80. The molecule has 0 amide bonds. The molecule has 2 aromatic carbocycles. The molecule has 2 N–H and O–H groups in total. The van der Waals surface area contributed by atoms with Crippen LogP contribution in [0.1, 0.15) is 42.1 Å². The summed E-state index contributed by atoms with van der Waals surface area (Å²) < 4.78 is 0. The van der Waals surface area contributed by atoms with Crippen LogP contribution in [-0.4, -0.2) is 11.1 Å². The predicted octanol–water partition coefficient (Wildman–Crippen LogP) is 4.29. The Morgan fingerprint density at radius 2 is 1.67 bits per heavy atom. The zero-order chi connectivity index (χ0) is 15.4. The van der Waals surface area contributed by atoms with Gasteiger partial charge in [0.2, 0.25) is 0 Å². The molecule has 112 valence electrons. The molecular formula is C19H25NO. The van der Waals surface area contributed by atoms with Gasteiger partial charge in [-0.05, 0) is 62.9 Å². The van der Waals surface area contributed by atoms with E-state index in [4.69, 9.17) is 0 Å². The third kappa shape index (κ3) is 4.33. The van der Waals surface area contributed by atoms with Gasteiger partial charge < -0.3 is 10.4 Å². The third-order valence-corrected chi connectivity index (χ3v) is 3.90. The SMILES string of the molecule is Cc1ccc(C(C)NC(C)Cc2ccc(O)cc2)c(C)c1. The Morgan fingerprint density at radius 3 is 2.29 bits per heavy atom. The Labute approximate surface area is 127 Å². The lowest BCUT2D eigenvalue weighted by molar-refractivity contribution is 0.470. The molecule has 0 saturated carbocycles. The summed E-state index contributed by atoms with van der Waals surface area (Å²) in [5.74, 6) is 0.322. The van der Waals surface area contributed by atoms with Crippen LogP contribution < -0.4 is 5.32 Å². The van der Waals surface area contributed by atoms with Crippen LogP contribution in [0.2, 0.25) is 0 Å². The van der Waals surface area contributed by atoms with Crippen LogP contribution in [0, 0.1) is 13.8 Å². The van der Waals surface area contributed by atoms with Crippen LogP contribution in [0.15, 0.2) is 42.5 Å². The molecule has 2 unspecified atom stereocenters. The van der Waals surface area contributed by atoms with Gasteiger partial charge in [-0.15, -0.1) is 0 Å². The molecule has 0 fully saturated rings. The molecule has 0 aliphatic rings. The number of phenolic OH excluding ortho intramolecular Hbond substituents is 1. The number of rotatable bonds is 5. The summed E-state index contributed by atoms with van der Waals surface area (Å²) in [6.45, 7) is 8.71. The first-order valence-corrected chi connectivity index (χ1v) is 7.57. The smallest absolute Gasteiger partial charge is 0.115 e. The van der Waals surface area contributed by atoms with Crippen LogP contribution in [0.4, 0.5) is 0 Å². The minimum absolute atomic E-state index is 0.322. The highest BCUT2D eigenvalue weighted by Crippen LogP contribution is 2.20.